The Morgan fingerprint density at radius 2 is 0.821 bits per heavy atom. The zero-order valence-corrected chi connectivity index (χ0v) is 28.7. The molecule has 1 atom stereocenters. The lowest BCUT2D eigenvalue weighted by molar-refractivity contribution is -0.946. The molecular formula is C33H27BF18NO3+. The summed E-state index contributed by atoms with van der Waals surface area (Å²) in [6.45, 7) is 7.73. The monoisotopic (exact) mass is 838 g/mol. The lowest BCUT2D eigenvalue weighted by Crippen LogP contribution is -2.50. The van der Waals surface area contributed by atoms with Crippen molar-refractivity contribution in [2.75, 3.05) is 19.6 Å². The summed E-state index contributed by atoms with van der Waals surface area (Å²) in [5.74, 6) is -4.76. The fourth-order valence-corrected chi connectivity index (χ4v) is 5.69. The van der Waals surface area contributed by atoms with Gasteiger partial charge in [0, 0.05) is 0 Å². The van der Waals surface area contributed by atoms with E-state index in [-0.39, 0.29) is 56.0 Å². The number of quaternary nitrogens is 1. The molecule has 0 saturated heterocycles. The molecule has 0 radical (unpaired) electrons. The first kappa shape index (κ1) is 46.0. The number of nitrogens with zero attached hydrogens (tertiary/aromatic N) is 1. The predicted molar refractivity (Wildman–Crippen MR) is 162 cm³/mol. The van der Waals surface area contributed by atoms with Crippen LogP contribution in [0.3, 0.4) is 0 Å². The first-order valence-electron chi connectivity index (χ1n) is 15.7. The average Bonchev–Trinajstić information content (AvgIpc) is 3.04. The second-order valence-corrected chi connectivity index (χ2v) is 11.9. The predicted octanol–water partition coefficient (Wildman–Crippen LogP) is 12.4. The van der Waals surface area contributed by atoms with Gasteiger partial charge in [0.15, 0.2) is 0 Å². The van der Waals surface area contributed by atoms with E-state index in [2.05, 4.69) is 6.58 Å². The summed E-state index contributed by atoms with van der Waals surface area (Å²) in [6, 6.07) is -3.73. The molecule has 4 nitrogen and oxygen atoms in total. The molecule has 3 rings (SSSR count). The third-order valence-electron chi connectivity index (χ3n) is 8.58. The number of rotatable bonds is 12. The molecule has 1 unspecified atom stereocenters. The van der Waals surface area contributed by atoms with Gasteiger partial charge in [-0.25, -0.2) is 0 Å². The van der Waals surface area contributed by atoms with Crippen LogP contribution in [0.2, 0.25) is 0 Å². The average molecular weight is 838 g/mol. The minimum Gasteiger partial charge on any atom is -0.490 e. The van der Waals surface area contributed by atoms with Crippen molar-refractivity contribution in [2.45, 2.75) is 63.9 Å². The maximum atomic E-state index is 14.7. The largest absolute Gasteiger partial charge is 0.864 e. The minimum absolute atomic E-state index is 0.0488. The summed E-state index contributed by atoms with van der Waals surface area (Å²) in [6.07, 6.45) is -32.8. The second kappa shape index (κ2) is 15.8. The number of hydrogen-bond donors (Lipinski definition) is 0. The highest BCUT2D eigenvalue weighted by Crippen LogP contribution is 2.48. The number of likely N-dealkylation sites (N-methyl/N-ethyl adjacent to an activating group) is 1. The van der Waals surface area contributed by atoms with Gasteiger partial charge in [-0.05, 0) is 75.4 Å². The first-order chi connectivity index (χ1) is 25.3. The van der Waals surface area contributed by atoms with E-state index in [0.717, 1.165) is 6.08 Å². The van der Waals surface area contributed by atoms with Crippen molar-refractivity contribution in [3.8, 4) is 17.2 Å². The van der Waals surface area contributed by atoms with E-state index in [9.17, 15) is 79.0 Å². The maximum absolute atomic E-state index is 14.7. The van der Waals surface area contributed by atoms with Gasteiger partial charge in [0.25, 0.3) is 0 Å². The van der Waals surface area contributed by atoms with Crippen molar-refractivity contribution < 1.29 is 97.5 Å². The van der Waals surface area contributed by atoms with Gasteiger partial charge in [-0.3, -0.25) is 0 Å². The van der Waals surface area contributed by atoms with Crippen molar-refractivity contribution in [1.82, 2.24) is 0 Å². The Hall–Kier alpha value is -4.44. The summed E-state index contributed by atoms with van der Waals surface area (Å²) in [5, 5.41) is 0. The second-order valence-electron chi connectivity index (χ2n) is 11.9. The van der Waals surface area contributed by atoms with Crippen molar-refractivity contribution in [1.29, 1.82) is 0 Å². The van der Waals surface area contributed by atoms with Gasteiger partial charge in [-0.15, -0.1) is 0 Å². The molecule has 23 heteroatoms. The molecule has 0 aromatic heterocycles. The van der Waals surface area contributed by atoms with Gasteiger partial charge < -0.3 is 18.4 Å². The number of halogens is 18. The molecule has 3 aromatic rings. The molecule has 0 spiro atoms. The lowest BCUT2D eigenvalue weighted by Gasteiger charge is -2.43. The van der Waals surface area contributed by atoms with Gasteiger partial charge >= 0.3 is 44.4 Å². The van der Waals surface area contributed by atoms with Gasteiger partial charge in [-0.2, -0.15) is 79.0 Å². The van der Waals surface area contributed by atoms with Gasteiger partial charge in [0.2, 0.25) is 0 Å². The highest BCUT2D eigenvalue weighted by molar-refractivity contribution is 6.39. The van der Waals surface area contributed by atoms with Gasteiger partial charge in [0.05, 0.1) is 58.6 Å². The highest BCUT2D eigenvalue weighted by atomic mass is 19.4. The molecule has 0 aliphatic heterocycles. The Morgan fingerprint density at radius 1 is 0.500 bits per heavy atom. The van der Waals surface area contributed by atoms with E-state index >= 15 is 0 Å². The van der Waals surface area contributed by atoms with Crippen LogP contribution in [0.15, 0.2) is 61.2 Å². The molecule has 3 aromatic carbocycles. The van der Waals surface area contributed by atoms with Crippen LogP contribution in [0.5, 0.6) is 17.2 Å². The van der Waals surface area contributed by atoms with E-state index in [4.69, 9.17) is 14.0 Å². The van der Waals surface area contributed by atoms with Gasteiger partial charge in [0.1, 0.15) is 23.3 Å². The quantitative estimate of drug-likeness (QED) is 0.0787. The Morgan fingerprint density at radius 3 is 1.09 bits per heavy atom. The number of alkyl halides is 18. The van der Waals surface area contributed by atoms with E-state index in [1.165, 1.54) is 20.8 Å². The standard InChI is InChI=1S/C33H27BF18NO3/c1-5-25(53(6-2,7-3)8-4)27-24(33(50,51)52)15-21(32(47,48)49)16-26(27)56-34(54-22-11-17(28(35,36)37)9-18(12-22)29(38,39)40)55-23-13-19(30(41,42)43)10-20(14-23)31(44,45)46/h5,9-16,25H,1,6-8H2,2-4H3/q+1. The first-order valence-corrected chi connectivity index (χ1v) is 15.7. The van der Waals surface area contributed by atoms with Gasteiger partial charge in [-0.1, -0.05) is 6.58 Å². The molecule has 0 bridgehead atoms. The molecule has 0 saturated carbocycles. The Kier molecular flexibility index (Phi) is 13.0. The van der Waals surface area contributed by atoms with Crippen LogP contribution in [0.25, 0.3) is 0 Å². The Labute approximate surface area is 306 Å². The van der Waals surface area contributed by atoms with Crippen molar-refractivity contribution in [3.05, 3.63) is 100 Å². The molecule has 56 heavy (non-hydrogen) atoms. The molecular weight excluding hydrogens is 811 g/mol. The third kappa shape index (κ3) is 10.7. The summed E-state index contributed by atoms with van der Waals surface area (Å²) in [4.78, 5) is 0. The molecule has 0 aliphatic carbocycles. The fraction of sp³-hybridized carbons (Fsp3) is 0.394. The van der Waals surface area contributed by atoms with E-state index in [1.54, 1.807) is 0 Å². The summed E-state index contributed by atoms with van der Waals surface area (Å²) in [5.41, 5.74) is -13.8. The van der Waals surface area contributed by atoms with Crippen molar-refractivity contribution in [3.63, 3.8) is 0 Å². The van der Waals surface area contributed by atoms with Crippen LogP contribution in [0, 0.1) is 0 Å². The SMILES string of the molecule is C=CC(c1c(OB(Oc2cc(C(F)(F)F)cc(C(F)(F)F)c2)Oc2cc(C(F)(F)F)cc(C(F)(F)F)c2)cc(C(F)(F)F)cc1C(F)(F)F)[N+](CC)(CC)CC. The Bertz CT molecular complexity index is 1710. The maximum Gasteiger partial charge on any atom is 0.864 e. The van der Waals surface area contributed by atoms with E-state index in [0.29, 0.717) is 0 Å². The van der Waals surface area contributed by atoms with Crippen molar-refractivity contribution >= 4 is 7.32 Å². The van der Waals surface area contributed by atoms with Crippen molar-refractivity contribution in [2.24, 2.45) is 0 Å². The molecule has 0 fully saturated rings. The highest BCUT2D eigenvalue weighted by Gasteiger charge is 2.48. The molecule has 310 valence electrons. The zero-order chi connectivity index (χ0) is 43.0. The number of hydrogen-bond acceptors (Lipinski definition) is 3. The summed E-state index contributed by atoms with van der Waals surface area (Å²) >= 11 is 0. The van der Waals surface area contributed by atoms with E-state index < -0.39 is 123 Å². The fourth-order valence-electron chi connectivity index (χ4n) is 5.69. The number of benzene rings is 3. The lowest BCUT2D eigenvalue weighted by atomic mass is 9.92. The zero-order valence-electron chi connectivity index (χ0n) is 28.7. The Balaban J connectivity index is 2.50. The summed E-state index contributed by atoms with van der Waals surface area (Å²) < 4.78 is 265. The minimum atomic E-state index is -5.68. The third-order valence-corrected chi connectivity index (χ3v) is 8.58. The molecule has 0 amide bonds. The van der Waals surface area contributed by atoms with Crippen LogP contribution in [0.1, 0.15) is 65.8 Å². The van der Waals surface area contributed by atoms with Crippen LogP contribution >= 0.6 is 0 Å². The van der Waals surface area contributed by atoms with E-state index in [1.807, 2.05) is 0 Å². The van der Waals surface area contributed by atoms with Crippen LogP contribution in [0.4, 0.5) is 79.0 Å². The van der Waals surface area contributed by atoms with Crippen LogP contribution < -0.4 is 14.0 Å². The molecule has 0 N–H and O–H groups in total. The molecule has 0 heterocycles. The van der Waals surface area contributed by atoms with Crippen LogP contribution in [-0.4, -0.2) is 31.4 Å². The summed E-state index contributed by atoms with van der Waals surface area (Å²) in [7, 11) is -3.30. The smallest absolute Gasteiger partial charge is 0.490 e. The molecule has 0 aliphatic rings. The normalized spacial score (nSPS) is 14.0. The topological polar surface area (TPSA) is 27.7 Å². The van der Waals surface area contributed by atoms with Crippen LogP contribution in [-0.2, 0) is 37.1 Å².